The second kappa shape index (κ2) is 5.52. The summed E-state index contributed by atoms with van der Waals surface area (Å²) in [6.07, 6.45) is 1.57. The number of halogens is 1. The Labute approximate surface area is 136 Å². The highest BCUT2D eigenvalue weighted by Gasteiger charge is 2.37. The van der Waals surface area contributed by atoms with Crippen molar-refractivity contribution in [1.82, 2.24) is 9.97 Å². The zero-order chi connectivity index (χ0) is 15.8. The summed E-state index contributed by atoms with van der Waals surface area (Å²) in [7, 11) is 0. The summed E-state index contributed by atoms with van der Waals surface area (Å²) in [4.78, 5) is 20.7. The van der Waals surface area contributed by atoms with Crippen molar-refractivity contribution in [2.75, 3.05) is 0 Å². The third-order valence-corrected chi connectivity index (χ3v) is 3.86. The molecule has 4 rings (SSSR count). The Morgan fingerprint density at radius 2 is 1.91 bits per heavy atom. The highest BCUT2D eigenvalue weighted by Crippen LogP contribution is 2.37. The van der Waals surface area contributed by atoms with E-state index in [1.807, 2.05) is 30.3 Å². The van der Waals surface area contributed by atoms with Crippen molar-refractivity contribution in [2.24, 2.45) is 0 Å². The molecule has 114 valence electrons. The van der Waals surface area contributed by atoms with Crippen molar-refractivity contribution in [3.05, 3.63) is 70.8 Å². The Balaban J connectivity index is 1.79. The van der Waals surface area contributed by atoms with Gasteiger partial charge in [0.05, 0.1) is 6.26 Å². The fraction of sp³-hybridized carbons (Fsp3) is 0.118. The Morgan fingerprint density at radius 3 is 2.65 bits per heavy atom. The van der Waals surface area contributed by atoms with Crippen LogP contribution in [0.2, 0.25) is 5.28 Å². The fourth-order valence-electron chi connectivity index (χ4n) is 2.69. The third kappa shape index (κ3) is 2.49. The van der Waals surface area contributed by atoms with E-state index < -0.39 is 12.1 Å². The lowest BCUT2D eigenvalue weighted by Crippen LogP contribution is -2.04. The second-order valence-corrected chi connectivity index (χ2v) is 5.50. The molecule has 1 aliphatic rings. The molecule has 1 aliphatic heterocycles. The van der Waals surface area contributed by atoms with Crippen LogP contribution in [0.3, 0.4) is 0 Å². The maximum Gasteiger partial charge on any atom is 0.343 e. The minimum Gasteiger partial charge on any atom is -0.463 e. The molecule has 1 atom stereocenters. The van der Waals surface area contributed by atoms with Crippen LogP contribution in [-0.2, 0) is 11.2 Å². The summed E-state index contributed by atoms with van der Waals surface area (Å²) in [6.45, 7) is 0. The van der Waals surface area contributed by atoms with Gasteiger partial charge in [0.15, 0.2) is 5.76 Å². The zero-order valence-corrected chi connectivity index (χ0v) is 12.7. The van der Waals surface area contributed by atoms with E-state index in [2.05, 4.69) is 9.97 Å². The molecule has 3 aromatic rings. The molecule has 0 fully saturated rings. The molecule has 1 unspecified atom stereocenters. The number of benzene rings is 1. The van der Waals surface area contributed by atoms with Crippen LogP contribution in [-0.4, -0.2) is 15.9 Å². The molecule has 2 aromatic heterocycles. The topological polar surface area (TPSA) is 65.2 Å². The number of fused-ring (bicyclic) bond motifs is 1. The number of furan rings is 1. The van der Waals surface area contributed by atoms with Crippen LogP contribution in [0, 0.1) is 0 Å². The average Bonchev–Trinajstić information content (AvgIpc) is 3.17. The molecule has 0 spiro atoms. The number of hydrogen-bond donors (Lipinski definition) is 0. The van der Waals surface area contributed by atoms with E-state index in [1.54, 1.807) is 12.1 Å². The standard InChI is InChI=1S/C17H11ClN2O3/c18-17-19-14(11-7-4-8-22-11)13-15(20-17)12(23-16(13)21)9-10-5-2-1-3-6-10/h1-8,12H,9H2. The molecule has 0 bridgehead atoms. The lowest BCUT2D eigenvalue weighted by atomic mass is 10.0. The van der Waals surface area contributed by atoms with Gasteiger partial charge in [-0.1, -0.05) is 30.3 Å². The Morgan fingerprint density at radius 1 is 1.09 bits per heavy atom. The molecule has 23 heavy (non-hydrogen) atoms. The number of rotatable bonds is 3. The lowest BCUT2D eigenvalue weighted by Gasteiger charge is -2.10. The number of ether oxygens (including phenoxy) is 1. The number of carbonyl (C=O) groups is 1. The summed E-state index contributed by atoms with van der Waals surface area (Å²) >= 11 is 6.03. The molecule has 0 aliphatic carbocycles. The van der Waals surface area contributed by atoms with Crippen LogP contribution in [0.5, 0.6) is 0 Å². The predicted molar refractivity (Wildman–Crippen MR) is 83.0 cm³/mol. The number of nitrogens with zero attached hydrogens (tertiary/aromatic N) is 2. The predicted octanol–water partition coefficient (Wildman–Crippen LogP) is 3.84. The van der Waals surface area contributed by atoms with Gasteiger partial charge >= 0.3 is 5.97 Å². The van der Waals surface area contributed by atoms with Gasteiger partial charge in [-0.25, -0.2) is 14.8 Å². The molecule has 0 N–H and O–H groups in total. The SMILES string of the molecule is O=C1OC(Cc2ccccc2)c2nc(Cl)nc(-c3ccco3)c21. The fourth-order valence-corrected chi connectivity index (χ4v) is 2.86. The van der Waals surface area contributed by atoms with Crippen LogP contribution in [0.1, 0.15) is 27.7 Å². The smallest absolute Gasteiger partial charge is 0.343 e. The van der Waals surface area contributed by atoms with Crippen LogP contribution in [0.4, 0.5) is 0 Å². The van der Waals surface area contributed by atoms with Gasteiger partial charge in [-0.2, -0.15) is 0 Å². The van der Waals surface area contributed by atoms with Crippen molar-refractivity contribution >= 4 is 17.6 Å². The molecule has 0 amide bonds. The van der Waals surface area contributed by atoms with E-state index in [-0.39, 0.29) is 5.28 Å². The number of aromatic nitrogens is 2. The highest BCUT2D eigenvalue weighted by atomic mass is 35.5. The van der Waals surface area contributed by atoms with Crippen LogP contribution in [0.25, 0.3) is 11.5 Å². The minimum absolute atomic E-state index is 0.0616. The van der Waals surface area contributed by atoms with Crippen LogP contribution < -0.4 is 0 Å². The Hall–Kier alpha value is -2.66. The van der Waals surface area contributed by atoms with Gasteiger partial charge in [0.2, 0.25) is 5.28 Å². The number of cyclic esters (lactones) is 1. The summed E-state index contributed by atoms with van der Waals surface area (Å²) in [5.41, 5.74) is 2.24. The third-order valence-electron chi connectivity index (χ3n) is 3.69. The minimum atomic E-state index is -0.478. The number of hydrogen-bond acceptors (Lipinski definition) is 5. The highest BCUT2D eigenvalue weighted by molar-refractivity contribution is 6.28. The van der Waals surface area contributed by atoms with Crippen molar-refractivity contribution < 1.29 is 13.9 Å². The monoisotopic (exact) mass is 326 g/mol. The van der Waals surface area contributed by atoms with Gasteiger partial charge in [0.1, 0.15) is 23.1 Å². The first kappa shape index (κ1) is 14.0. The van der Waals surface area contributed by atoms with Crippen molar-refractivity contribution in [3.8, 4) is 11.5 Å². The lowest BCUT2D eigenvalue weighted by molar-refractivity contribution is 0.0382. The number of esters is 1. The van der Waals surface area contributed by atoms with E-state index in [0.717, 1.165) is 5.56 Å². The molecule has 0 saturated heterocycles. The zero-order valence-electron chi connectivity index (χ0n) is 11.9. The van der Waals surface area contributed by atoms with Gasteiger partial charge in [0.25, 0.3) is 0 Å². The van der Waals surface area contributed by atoms with E-state index in [4.69, 9.17) is 20.8 Å². The van der Waals surface area contributed by atoms with Crippen molar-refractivity contribution in [1.29, 1.82) is 0 Å². The first-order chi connectivity index (χ1) is 11.2. The van der Waals surface area contributed by atoms with Crippen molar-refractivity contribution in [2.45, 2.75) is 12.5 Å². The first-order valence-electron chi connectivity index (χ1n) is 7.08. The van der Waals surface area contributed by atoms with E-state index in [0.29, 0.717) is 29.1 Å². The second-order valence-electron chi connectivity index (χ2n) is 5.16. The Kier molecular flexibility index (Phi) is 3.35. The molecule has 1 aromatic carbocycles. The number of carbonyl (C=O) groups excluding carboxylic acids is 1. The molecular formula is C17H11ClN2O3. The van der Waals surface area contributed by atoms with E-state index >= 15 is 0 Å². The molecule has 3 heterocycles. The van der Waals surface area contributed by atoms with Gasteiger partial charge in [-0.15, -0.1) is 0 Å². The van der Waals surface area contributed by atoms with Crippen LogP contribution >= 0.6 is 11.6 Å². The maximum absolute atomic E-state index is 12.3. The van der Waals surface area contributed by atoms with E-state index in [1.165, 1.54) is 6.26 Å². The summed E-state index contributed by atoms with van der Waals surface area (Å²) < 4.78 is 10.8. The average molecular weight is 327 g/mol. The van der Waals surface area contributed by atoms with Gasteiger partial charge in [0, 0.05) is 6.42 Å². The van der Waals surface area contributed by atoms with Crippen molar-refractivity contribution in [3.63, 3.8) is 0 Å². The molecule has 0 saturated carbocycles. The normalized spacial score (nSPS) is 16.2. The van der Waals surface area contributed by atoms with Crippen LogP contribution in [0.15, 0.2) is 53.1 Å². The largest absolute Gasteiger partial charge is 0.463 e. The van der Waals surface area contributed by atoms with Gasteiger partial charge in [-0.05, 0) is 29.3 Å². The van der Waals surface area contributed by atoms with E-state index in [9.17, 15) is 4.79 Å². The first-order valence-corrected chi connectivity index (χ1v) is 7.46. The summed E-state index contributed by atoms with van der Waals surface area (Å²) in [5, 5.41) is 0.0616. The molecule has 0 radical (unpaired) electrons. The Bertz CT molecular complexity index is 863. The maximum atomic E-state index is 12.3. The molecule has 5 nitrogen and oxygen atoms in total. The molecular weight excluding hydrogens is 316 g/mol. The quantitative estimate of drug-likeness (QED) is 0.540. The van der Waals surface area contributed by atoms with Gasteiger partial charge < -0.3 is 9.15 Å². The summed E-state index contributed by atoms with van der Waals surface area (Å²) in [5.74, 6) is 0.00635. The molecule has 6 heteroatoms. The van der Waals surface area contributed by atoms with Gasteiger partial charge in [-0.3, -0.25) is 0 Å². The summed E-state index contributed by atoms with van der Waals surface area (Å²) in [6, 6.07) is 13.2.